The van der Waals surface area contributed by atoms with Gasteiger partial charge in [-0.15, -0.1) is 0 Å². The van der Waals surface area contributed by atoms with Crippen LogP contribution in [0.5, 0.6) is 11.5 Å². The van der Waals surface area contributed by atoms with Crippen molar-refractivity contribution in [1.82, 2.24) is 0 Å². The lowest BCUT2D eigenvalue weighted by molar-refractivity contribution is -0.132. The number of ether oxygens (including phenoxy) is 3. The molecule has 0 atom stereocenters. The zero-order valence-corrected chi connectivity index (χ0v) is 21.0. The summed E-state index contributed by atoms with van der Waals surface area (Å²) in [4.78, 5) is 23.1. The average molecular weight is 484 g/mol. The minimum atomic E-state index is -0.959. The first-order valence-corrected chi connectivity index (χ1v) is 12.3. The average Bonchev–Trinajstić information content (AvgIpc) is 2.85. The molecule has 0 fully saturated rings. The fourth-order valence-corrected chi connectivity index (χ4v) is 3.22. The molecule has 7 heteroatoms. The summed E-state index contributed by atoms with van der Waals surface area (Å²) >= 11 is 0. The van der Waals surface area contributed by atoms with E-state index in [1.165, 1.54) is 0 Å². The lowest BCUT2D eigenvalue weighted by Gasteiger charge is -2.14. The van der Waals surface area contributed by atoms with E-state index in [0.29, 0.717) is 57.2 Å². The number of benzene rings is 2. The molecule has 0 saturated carbocycles. The monoisotopic (exact) mass is 483 g/mol. The van der Waals surface area contributed by atoms with Gasteiger partial charge in [-0.1, -0.05) is 38.5 Å². The number of rotatable bonds is 16. The van der Waals surface area contributed by atoms with Crippen molar-refractivity contribution in [3.8, 4) is 11.5 Å². The highest BCUT2D eigenvalue weighted by molar-refractivity contribution is 5.92. The molecule has 0 aliphatic rings. The molecule has 0 aliphatic carbocycles. The van der Waals surface area contributed by atoms with Gasteiger partial charge in [-0.2, -0.15) is 0 Å². The van der Waals surface area contributed by atoms with Gasteiger partial charge in [0.05, 0.1) is 19.8 Å². The van der Waals surface area contributed by atoms with E-state index < -0.39 is 5.97 Å². The van der Waals surface area contributed by atoms with Crippen molar-refractivity contribution in [3.63, 3.8) is 0 Å². The van der Waals surface area contributed by atoms with Gasteiger partial charge >= 0.3 is 5.97 Å². The molecule has 0 spiro atoms. The standard InChI is InChI=1S/C28H37NO6/c1-4-7-16-34-26-20-22(19-23(28(31)32)15-17-33-6-3)10-13-25(26)35-18-14-21-8-11-24(12-9-21)29-27(30)5-2/h8-13,19-20H,4-7,14-18H2,1-3H3,(H,29,30)(H,31,32). The molecule has 2 aromatic rings. The molecule has 0 aliphatic heterocycles. The third-order valence-electron chi connectivity index (χ3n) is 5.27. The highest BCUT2D eigenvalue weighted by Crippen LogP contribution is 2.30. The van der Waals surface area contributed by atoms with Crippen molar-refractivity contribution >= 4 is 23.6 Å². The number of aliphatic carboxylic acids is 1. The number of unbranched alkanes of at least 4 members (excludes halogenated alkanes) is 1. The minimum Gasteiger partial charge on any atom is -0.490 e. The highest BCUT2D eigenvalue weighted by Gasteiger charge is 2.11. The smallest absolute Gasteiger partial charge is 0.331 e. The predicted molar refractivity (Wildman–Crippen MR) is 138 cm³/mol. The number of hydrogen-bond donors (Lipinski definition) is 2. The molecule has 7 nitrogen and oxygen atoms in total. The Morgan fingerprint density at radius 1 is 0.943 bits per heavy atom. The van der Waals surface area contributed by atoms with Gasteiger partial charge in [0.25, 0.3) is 0 Å². The van der Waals surface area contributed by atoms with Crippen LogP contribution in [0.2, 0.25) is 0 Å². The van der Waals surface area contributed by atoms with Crippen LogP contribution in [0.3, 0.4) is 0 Å². The number of hydrogen-bond acceptors (Lipinski definition) is 5. The molecule has 0 aromatic heterocycles. The zero-order valence-electron chi connectivity index (χ0n) is 21.0. The molecule has 0 radical (unpaired) electrons. The van der Waals surface area contributed by atoms with Crippen LogP contribution in [0.4, 0.5) is 5.69 Å². The molecular weight excluding hydrogens is 446 g/mol. The maximum absolute atomic E-state index is 11.6. The third kappa shape index (κ3) is 10.2. The Morgan fingerprint density at radius 3 is 2.34 bits per heavy atom. The molecule has 2 rings (SSSR count). The second kappa shape index (κ2) is 15.6. The van der Waals surface area contributed by atoms with Crippen LogP contribution >= 0.6 is 0 Å². The number of carboxylic acids is 1. The van der Waals surface area contributed by atoms with Crippen LogP contribution in [0.25, 0.3) is 6.08 Å². The molecule has 0 saturated heterocycles. The first-order chi connectivity index (χ1) is 17.0. The van der Waals surface area contributed by atoms with Crippen LogP contribution in [0, 0.1) is 0 Å². The van der Waals surface area contributed by atoms with Crippen molar-refractivity contribution in [2.45, 2.75) is 52.9 Å². The van der Waals surface area contributed by atoms with E-state index in [2.05, 4.69) is 12.2 Å². The summed E-state index contributed by atoms with van der Waals surface area (Å²) in [5.41, 5.74) is 2.89. The molecule has 0 bridgehead atoms. The van der Waals surface area contributed by atoms with Crippen molar-refractivity contribution in [2.24, 2.45) is 0 Å². The van der Waals surface area contributed by atoms with Crippen LogP contribution in [-0.4, -0.2) is 43.4 Å². The lowest BCUT2D eigenvalue weighted by atomic mass is 10.1. The van der Waals surface area contributed by atoms with Gasteiger partial charge in [0.1, 0.15) is 0 Å². The second-order valence-corrected chi connectivity index (χ2v) is 8.03. The summed E-state index contributed by atoms with van der Waals surface area (Å²) in [6, 6.07) is 13.2. The van der Waals surface area contributed by atoms with E-state index in [1.54, 1.807) is 6.08 Å². The Balaban J connectivity index is 2.07. The van der Waals surface area contributed by atoms with Crippen LogP contribution in [0.15, 0.2) is 48.0 Å². The SMILES string of the molecule is CCCCOc1cc(C=C(CCOCC)C(=O)O)ccc1OCCc1ccc(NC(=O)CC)cc1. The summed E-state index contributed by atoms with van der Waals surface area (Å²) in [6.45, 7) is 7.71. The van der Waals surface area contributed by atoms with Crippen molar-refractivity contribution in [3.05, 3.63) is 59.2 Å². The van der Waals surface area contributed by atoms with Gasteiger partial charge in [0.2, 0.25) is 5.91 Å². The first kappa shape index (κ1) is 27.9. The summed E-state index contributed by atoms with van der Waals surface area (Å²) in [5, 5.41) is 12.4. The van der Waals surface area contributed by atoms with E-state index in [4.69, 9.17) is 14.2 Å². The van der Waals surface area contributed by atoms with Gasteiger partial charge in [-0.3, -0.25) is 4.79 Å². The van der Waals surface area contributed by atoms with Gasteiger partial charge in [0.15, 0.2) is 11.5 Å². The lowest BCUT2D eigenvalue weighted by Crippen LogP contribution is -2.09. The van der Waals surface area contributed by atoms with Crippen molar-refractivity contribution in [1.29, 1.82) is 0 Å². The molecule has 2 aromatic carbocycles. The second-order valence-electron chi connectivity index (χ2n) is 8.03. The maximum Gasteiger partial charge on any atom is 0.331 e. The highest BCUT2D eigenvalue weighted by atomic mass is 16.5. The molecule has 0 heterocycles. The number of anilines is 1. The quantitative estimate of drug-likeness (QED) is 0.234. The number of nitrogens with one attached hydrogen (secondary N) is 1. The van der Waals surface area contributed by atoms with E-state index in [0.717, 1.165) is 29.7 Å². The zero-order chi connectivity index (χ0) is 25.5. The number of amides is 1. The normalized spacial score (nSPS) is 11.2. The molecule has 2 N–H and O–H groups in total. The fourth-order valence-electron chi connectivity index (χ4n) is 3.22. The van der Waals surface area contributed by atoms with Gasteiger partial charge in [0, 0.05) is 37.1 Å². The van der Waals surface area contributed by atoms with Gasteiger partial charge < -0.3 is 24.6 Å². The fraction of sp³-hybridized carbons (Fsp3) is 0.429. The third-order valence-corrected chi connectivity index (χ3v) is 5.27. The summed E-state index contributed by atoms with van der Waals surface area (Å²) in [6.07, 6.45) is 5.03. The molecule has 190 valence electrons. The Labute approximate surface area is 208 Å². The van der Waals surface area contributed by atoms with E-state index in [-0.39, 0.29) is 11.5 Å². The molecule has 1 amide bonds. The van der Waals surface area contributed by atoms with Crippen molar-refractivity contribution in [2.75, 3.05) is 31.7 Å². The Morgan fingerprint density at radius 2 is 1.69 bits per heavy atom. The molecule has 0 unspecified atom stereocenters. The largest absolute Gasteiger partial charge is 0.490 e. The summed E-state index contributed by atoms with van der Waals surface area (Å²) in [5.74, 6) is 0.245. The predicted octanol–water partition coefficient (Wildman–Crippen LogP) is 5.73. The van der Waals surface area contributed by atoms with Gasteiger partial charge in [-0.25, -0.2) is 4.79 Å². The van der Waals surface area contributed by atoms with Gasteiger partial charge in [-0.05, 0) is 54.8 Å². The van der Waals surface area contributed by atoms with Crippen LogP contribution < -0.4 is 14.8 Å². The first-order valence-electron chi connectivity index (χ1n) is 12.3. The minimum absolute atomic E-state index is 0.0141. The topological polar surface area (TPSA) is 94.1 Å². The van der Waals surface area contributed by atoms with E-state index in [1.807, 2.05) is 56.3 Å². The van der Waals surface area contributed by atoms with E-state index in [9.17, 15) is 14.7 Å². The molecule has 35 heavy (non-hydrogen) atoms. The number of carboxylic acid groups (broad SMARTS) is 1. The molecular formula is C28H37NO6. The maximum atomic E-state index is 11.6. The number of carbonyl (C=O) groups is 2. The Kier molecular flexibility index (Phi) is 12.4. The van der Waals surface area contributed by atoms with E-state index >= 15 is 0 Å². The van der Waals surface area contributed by atoms with Crippen LogP contribution in [-0.2, 0) is 20.7 Å². The Bertz CT molecular complexity index is 968. The Hall–Kier alpha value is -3.32. The number of carbonyl (C=O) groups excluding carboxylic acids is 1. The van der Waals surface area contributed by atoms with Crippen LogP contribution in [0.1, 0.15) is 57.6 Å². The summed E-state index contributed by atoms with van der Waals surface area (Å²) in [7, 11) is 0. The summed E-state index contributed by atoms with van der Waals surface area (Å²) < 4.78 is 17.3. The van der Waals surface area contributed by atoms with Crippen molar-refractivity contribution < 1.29 is 28.9 Å².